The topological polar surface area (TPSA) is 88.9 Å². The zero-order valence-electron chi connectivity index (χ0n) is 14.3. The summed E-state index contributed by atoms with van der Waals surface area (Å²) >= 11 is 0. The third-order valence-corrected chi connectivity index (χ3v) is 4.59. The first kappa shape index (κ1) is 17.2. The van der Waals surface area contributed by atoms with Gasteiger partial charge >= 0.3 is 0 Å². The fraction of sp³-hybridized carbons (Fsp3) is 0.111. The lowest BCUT2D eigenvalue weighted by Crippen LogP contribution is -2.20. The van der Waals surface area contributed by atoms with Gasteiger partial charge in [0.25, 0.3) is 5.95 Å². The monoisotopic (exact) mass is 385 g/mol. The lowest BCUT2D eigenvalue weighted by molar-refractivity contribution is 0.600. The highest BCUT2D eigenvalue weighted by Crippen LogP contribution is 2.33. The molecule has 2 aromatic carbocycles. The summed E-state index contributed by atoms with van der Waals surface area (Å²) < 4.78 is 40.2. The van der Waals surface area contributed by atoms with Crippen LogP contribution in [0.4, 0.5) is 16.3 Å². The zero-order chi connectivity index (χ0) is 19.0. The molecular weight excluding hydrogens is 369 g/mol. The van der Waals surface area contributed by atoms with E-state index in [1.165, 1.54) is 12.1 Å². The molecule has 27 heavy (non-hydrogen) atoms. The van der Waals surface area contributed by atoms with Gasteiger partial charge in [0.2, 0.25) is 16.0 Å². The van der Waals surface area contributed by atoms with Gasteiger partial charge in [0.15, 0.2) is 0 Å². The van der Waals surface area contributed by atoms with Crippen LogP contribution in [0.1, 0.15) is 17.2 Å². The molecule has 2 heterocycles. The number of nitrogens with one attached hydrogen (secondary N) is 2. The van der Waals surface area contributed by atoms with Crippen LogP contribution in [0.2, 0.25) is 0 Å². The highest BCUT2D eigenvalue weighted by Gasteiger charge is 2.26. The number of anilines is 2. The Morgan fingerprint density at radius 1 is 1.11 bits per heavy atom. The van der Waals surface area contributed by atoms with Crippen LogP contribution in [0.15, 0.2) is 60.7 Å². The molecule has 1 aromatic heterocycles. The molecule has 9 heteroatoms. The molecule has 3 aromatic rings. The number of nitrogens with zero attached hydrogens (tertiary/aromatic N) is 3. The van der Waals surface area contributed by atoms with Gasteiger partial charge in [-0.05, 0) is 29.3 Å². The standard InChI is InChI=1S/C18H16FN5O2S/c1-27(25,26)23-17-21-18-20-15(12-5-3-2-4-6-12)11-16(24(18)22-17)13-7-9-14(19)10-8-13/h2-11,16H,1H3,(H2,20,21,22,23). The van der Waals surface area contributed by atoms with E-state index in [1.807, 2.05) is 36.4 Å². The SMILES string of the molecule is CS(=O)(=O)Nc1nc2n(n1)C(c1ccc(F)cc1)C=C(c1ccccc1)N2. The minimum Gasteiger partial charge on any atom is -0.324 e. The predicted molar refractivity (Wildman–Crippen MR) is 101 cm³/mol. The van der Waals surface area contributed by atoms with Crippen molar-refractivity contribution in [3.8, 4) is 0 Å². The second-order valence-corrected chi connectivity index (χ2v) is 7.89. The molecule has 1 aliphatic rings. The highest BCUT2D eigenvalue weighted by molar-refractivity contribution is 7.91. The smallest absolute Gasteiger partial charge is 0.257 e. The van der Waals surface area contributed by atoms with E-state index in [0.717, 1.165) is 23.1 Å². The van der Waals surface area contributed by atoms with E-state index in [-0.39, 0.29) is 17.8 Å². The summed E-state index contributed by atoms with van der Waals surface area (Å²) in [5.74, 6) is 0.0184. The second kappa shape index (κ2) is 6.51. The molecule has 0 amide bonds. The molecule has 0 fully saturated rings. The fourth-order valence-electron chi connectivity index (χ4n) is 2.89. The van der Waals surface area contributed by atoms with Crippen LogP contribution in [0, 0.1) is 5.82 Å². The summed E-state index contributed by atoms with van der Waals surface area (Å²) in [4.78, 5) is 4.24. The maximum Gasteiger partial charge on any atom is 0.257 e. The summed E-state index contributed by atoms with van der Waals surface area (Å²) in [7, 11) is -3.51. The maximum absolute atomic E-state index is 13.3. The molecular formula is C18H16FN5O2S. The minimum absolute atomic E-state index is 0.0326. The van der Waals surface area contributed by atoms with Gasteiger partial charge in [0, 0.05) is 5.70 Å². The van der Waals surface area contributed by atoms with Crippen LogP contribution in [0.25, 0.3) is 5.70 Å². The lowest BCUT2D eigenvalue weighted by Gasteiger charge is -2.24. The summed E-state index contributed by atoms with van der Waals surface area (Å²) in [5.41, 5.74) is 2.54. The minimum atomic E-state index is -3.51. The molecule has 0 aliphatic carbocycles. The van der Waals surface area contributed by atoms with Crippen LogP contribution < -0.4 is 10.0 Å². The Balaban J connectivity index is 1.81. The Bertz CT molecular complexity index is 1110. The lowest BCUT2D eigenvalue weighted by atomic mass is 10.0. The maximum atomic E-state index is 13.3. The van der Waals surface area contributed by atoms with Crippen LogP contribution in [-0.2, 0) is 10.0 Å². The van der Waals surface area contributed by atoms with Gasteiger partial charge in [0.05, 0.1) is 6.26 Å². The van der Waals surface area contributed by atoms with E-state index in [2.05, 4.69) is 20.1 Å². The Morgan fingerprint density at radius 2 is 1.81 bits per heavy atom. The van der Waals surface area contributed by atoms with E-state index in [9.17, 15) is 12.8 Å². The van der Waals surface area contributed by atoms with E-state index in [4.69, 9.17) is 0 Å². The van der Waals surface area contributed by atoms with Crippen molar-refractivity contribution in [1.29, 1.82) is 0 Å². The number of fused-ring (bicyclic) bond motifs is 1. The Morgan fingerprint density at radius 3 is 2.48 bits per heavy atom. The van der Waals surface area contributed by atoms with Gasteiger partial charge in [-0.3, -0.25) is 4.72 Å². The number of allylic oxidation sites excluding steroid dienone is 1. The molecule has 0 spiro atoms. The Labute approximate surface area is 155 Å². The molecule has 2 N–H and O–H groups in total. The zero-order valence-corrected chi connectivity index (χ0v) is 15.1. The molecule has 138 valence electrons. The third kappa shape index (κ3) is 3.68. The normalized spacial score (nSPS) is 16.2. The first-order valence-corrected chi connectivity index (χ1v) is 10.0. The summed E-state index contributed by atoms with van der Waals surface area (Å²) in [6.07, 6.45) is 2.97. The molecule has 1 atom stereocenters. The number of sulfonamides is 1. The molecule has 1 unspecified atom stereocenters. The number of benzene rings is 2. The largest absolute Gasteiger partial charge is 0.324 e. The van der Waals surface area contributed by atoms with Gasteiger partial charge in [-0.1, -0.05) is 42.5 Å². The van der Waals surface area contributed by atoms with E-state index in [1.54, 1.807) is 16.8 Å². The van der Waals surface area contributed by atoms with Gasteiger partial charge in [-0.15, -0.1) is 5.10 Å². The third-order valence-electron chi connectivity index (χ3n) is 4.04. The summed E-state index contributed by atoms with van der Waals surface area (Å²) in [5, 5.41) is 7.43. The summed E-state index contributed by atoms with van der Waals surface area (Å²) in [6, 6.07) is 15.4. The van der Waals surface area contributed by atoms with Crippen molar-refractivity contribution in [3.05, 3.63) is 77.6 Å². The van der Waals surface area contributed by atoms with Crippen LogP contribution in [-0.4, -0.2) is 29.4 Å². The number of rotatable bonds is 4. The molecule has 7 nitrogen and oxygen atoms in total. The molecule has 0 saturated carbocycles. The van der Waals surface area contributed by atoms with Crippen molar-refractivity contribution in [2.75, 3.05) is 16.3 Å². The molecule has 0 saturated heterocycles. The number of aromatic nitrogens is 3. The van der Waals surface area contributed by atoms with Crippen molar-refractivity contribution < 1.29 is 12.8 Å². The average molecular weight is 385 g/mol. The number of halogens is 1. The number of hydrogen-bond acceptors (Lipinski definition) is 5. The Kier molecular flexibility index (Phi) is 4.15. The molecule has 0 radical (unpaired) electrons. The van der Waals surface area contributed by atoms with Gasteiger partial charge in [0.1, 0.15) is 11.9 Å². The van der Waals surface area contributed by atoms with E-state index >= 15 is 0 Å². The van der Waals surface area contributed by atoms with Crippen molar-refractivity contribution in [2.45, 2.75) is 6.04 Å². The van der Waals surface area contributed by atoms with Crippen molar-refractivity contribution >= 4 is 27.6 Å². The molecule has 4 rings (SSSR count). The predicted octanol–water partition coefficient (Wildman–Crippen LogP) is 2.84. The van der Waals surface area contributed by atoms with E-state index < -0.39 is 10.0 Å². The van der Waals surface area contributed by atoms with Gasteiger partial charge in [-0.25, -0.2) is 17.5 Å². The molecule has 1 aliphatic heterocycles. The average Bonchev–Trinajstić information content (AvgIpc) is 3.02. The fourth-order valence-corrected chi connectivity index (χ4v) is 3.30. The number of hydrogen-bond donors (Lipinski definition) is 2. The second-order valence-electron chi connectivity index (χ2n) is 6.15. The van der Waals surface area contributed by atoms with Gasteiger partial charge < -0.3 is 5.32 Å². The Hall–Kier alpha value is -3.20. The summed E-state index contributed by atoms with van der Waals surface area (Å²) in [6.45, 7) is 0. The quantitative estimate of drug-likeness (QED) is 0.721. The first-order valence-electron chi connectivity index (χ1n) is 8.13. The van der Waals surface area contributed by atoms with Gasteiger partial charge in [-0.2, -0.15) is 4.98 Å². The molecule has 0 bridgehead atoms. The van der Waals surface area contributed by atoms with Crippen LogP contribution in [0.5, 0.6) is 0 Å². The van der Waals surface area contributed by atoms with Crippen LogP contribution >= 0.6 is 0 Å². The highest BCUT2D eigenvalue weighted by atomic mass is 32.2. The van der Waals surface area contributed by atoms with Crippen molar-refractivity contribution in [2.24, 2.45) is 0 Å². The van der Waals surface area contributed by atoms with Crippen molar-refractivity contribution in [3.63, 3.8) is 0 Å². The van der Waals surface area contributed by atoms with E-state index in [0.29, 0.717) is 5.95 Å². The van der Waals surface area contributed by atoms with Crippen LogP contribution in [0.3, 0.4) is 0 Å². The van der Waals surface area contributed by atoms with Crippen molar-refractivity contribution in [1.82, 2.24) is 14.8 Å². The first-order chi connectivity index (χ1) is 12.9.